The molecule has 1 saturated heterocycles. The number of aromatic nitrogens is 2. The first-order valence-corrected chi connectivity index (χ1v) is 6.34. The normalized spacial score (nSPS) is 23.0. The monoisotopic (exact) mass is 305 g/mol. The zero-order chi connectivity index (χ0) is 15.6. The van der Waals surface area contributed by atoms with Gasteiger partial charge in [0.2, 0.25) is 0 Å². The summed E-state index contributed by atoms with van der Waals surface area (Å²) in [6.07, 6.45) is -3.54. The van der Waals surface area contributed by atoms with E-state index in [-0.39, 0.29) is 6.01 Å². The van der Waals surface area contributed by atoms with Crippen molar-refractivity contribution in [1.82, 2.24) is 14.9 Å². The van der Waals surface area contributed by atoms with Gasteiger partial charge in [0.05, 0.1) is 11.6 Å². The zero-order valence-corrected chi connectivity index (χ0v) is 11.2. The Hall–Kier alpha value is -2.06. The maximum atomic E-state index is 12.4. The quantitative estimate of drug-likeness (QED) is 0.908. The predicted octanol–water partition coefficient (Wildman–Crippen LogP) is 2.41. The molecule has 9 heteroatoms. The van der Waals surface area contributed by atoms with E-state index in [2.05, 4.69) is 9.97 Å². The molecule has 21 heavy (non-hydrogen) atoms. The molecule has 1 aromatic heterocycles. The van der Waals surface area contributed by atoms with Gasteiger partial charge < -0.3 is 14.7 Å². The summed E-state index contributed by atoms with van der Waals surface area (Å²) in [6, 6.07) is -0.603. The predicted molar refractivity (Wildman–Crippen MR) is 64.9 cm³/mol. The molecule has 1 N–H and O–H groups in total. The van der Waals surface area contributed by atoms with E-state index in [4.69, 9.17) is 9.84 Å². The van der Waals surface area contributed by atoms with Gasteiger partial charge in [-0.25, -0.2) is 14.8 Å². The highest BCUT2D eigenvalue weighted by molar-refractivity contribution is 5.65. The molecule has 0 spiro atoms. The number of alkyl halides is 3. The van der Waals surface area contributed by atoms with Crippen LogP contribution in [0.2, 0.25) is 0 Å². The van der Waals surface area contributed by atoms with Crippen LogP contribution in [0.5, 0.6) is 6.01 Å². The summed E-state index contributed by atoms with van der Waals surface area (Å²) in [6.45, 7) is 2.09. The third-order valence-corrected chi connectivity index (χ3v) is 3.38. The topological polar surface area (TPSA) is 75.6 Å². The highest BCUT2D eigenvalue weighted by atomic mass is 19.4. The number of nitrogens with zero attached hydrogens (tertiary/aromatic N) is 3. The third kappa shape index (κ3) is 3.53. The van der Waals surface area contributed by atoms with Crippen LogP contribution in [0.4, 0.5) is 18.0 Å². The summed E-state index contributed by atoms with van der Waals surface area (Å²) in [5.74, 6) is 0. The second-order valence-corrected chi connectivity index (χ2v) is 4.77. The zero-order valence-electron chi connectivity index (χ0n) is 11.2. The molecule has 2 rings (SSSR count). The van der Waals surface area contributed by atoms with Crippen molar-refractivity contribution >= 4 is 6.09 Å². The Bertz CT molecular complexity index is 507. The number of halogens is 3. The van der Waals surface area contributed by atoms with Crippen LogP contribution in [-0.4, -0.2) is 44.8 Å². The lowest BCUT2D eigenvalue weighted by Gasteiger charge is -2.36. The van der Waals surface area contributed by atoms with E-state index < -0.39 is 30.0 Å². The summed E-state index contributed by atoms with van der Waals surface area (Å²) in [7, 11) is 0. The van der Waals surface area contributed by atoms with Crippen molar-refractivity contribution in [2.75, 3.05) is 6.54 Å². The Morgan fingerprint density at radius 1 is 1.43 bits per heavy atom. The van der Waals surface area contributed by atoms with Crippen LogP contribution in [0.1, 0.15) is 25.3 Å². The summed E-state index contributed by atoms with van der Waals surface area (Å²) < 4.78 is 42.6. The standard InChI is InChI=1S/C12H14F3N3O3/c1-7-9(3-2-4-18(7)11(19)20)21-10-16-5-8(6-17-10)12(13,14)15/h5-7,9H,2-4H2,1H3,(H,19,20)/t7-,9+/m0/s1. The van der Waals surface area contributed by atoms with E-state index in [1.807, 2.05) is 0 Å². The molecule has 0 bridgehead atoms. The smallest absolute Gasteiger partial charge is 0.419 e. The van der Waals surface area contributed by atoms with Crippen LogP contribution >= 0.6 is 0 Å². The number of likely N-dealkylation sites (tertiary alicyclic amines) is 1. The fourth-order valence-electron chi connectivity index (χ4n) is 2.19. The SMILES string of the molecule is C[C@H]1[C@H](Oc2ncc(C(F)(F)F)cn2)CCCN1C(=O)O. The van der Waals surface area contributed by atoms with Crippen molar-refractivity contribution < 1.29 is 27.8 Å². The van der Waals surface area contributed by atoms with Gasteiger partial charge in [0.15, 0.2) is 0 Å². The second-order valence-electron chi connectivity index (χ2n) is 4.77. The first kappa shape index (κ1) is 15.3. The van der Waals surface area contributed by atoms with Crippen molar-refractivity contribution in [3.05, 3.63) is 18.0 Å². The van der Waals surface area contributed by atoms with Crippen molar-refractivity contribution in [2.24, 2.45) is 0 Å². The van der Waals surface area contributed by atoms with E-state index in [0.29, 0.717) is 31.8 Å². The Kier molecular flexibility index (Phi) is 4.19. The van der Waals surface area contributed by atoms with Crippen molar-refractivity contribution in [3.8, 4) is 6.01 Å². The van der Waals surface area contributed by atoms with Gasteiger partial charge in [-0.3, -0.25) is 0 Å². The minimum atomic E-state index is -4.50. The van der Waals surface area contributed by atoms with E-state index in [0.717, 1.165) is 0 Å². The molecule has 0 aliphatic carbocycles. The molecule has 0 unspecified atom stereocenters. The van der Waals surface area contributed by atoms with E-state index in [1.54, 1.807) is 6.92 Å². The lowest BCUT2D eigenvalue weighted by atomic mass is 10.0. The van der Waals surface area contributed by atoms with Crippen LogP contribution in [0.3, 0.4) is 0 Å². The summed E-state index contributed by atoms with van der Waals surface area (Å²) in [5.41, 5.74) is -0.960. The summed E-state index contributed by atoms with van der Waals surface area (Å²) >= 11 is 0. The fourth-order valence-corrected chi connectivity index (χ4v) is 2.19. The Labute approximate surface area is 118 Å². The molecule has 1 amide bonds. The molecule has 0 saturated carbocycles. The van der Waals surface area contributed by atoms with Gasteiger partial charge in [-0.1, -0.05) is 0 Å². The fraction of sp³-hybridized carbons (Fsp3) is 0.583. The van der Waals surface area contributed by atoms with Crippen LogP contribution in [0.25, 0.3) is 0 Å². The molecule has 1 fully saturated rings. The maximum Gasteiger partial charge on any atom is 0.419 e. The number of amides is 1. The van der Waals surface area contributed by atoms with Gasteiger partial charge >= 0.3 is 18.3 Å². The molecule has 0 aromatic carbocycles. The minimum Gasteiger partial charge on any atom is -0.465 e. The van der Waals surface area contributed by atoms with Gasteiger partial charge in [-0.15, -0.1) is 0 Å². The van der Waals surface area contributed by atoms with Gasteiger partial charge in [-0.05, 0) is 19.8 Å². The lowest BCUT2D eigenvalue weighted by Crippen LogP contribution is -2.51. The van der Waals surface area contributed by atoms with E-state index in [9.17, 15) is 18.0 Å². The Morgan fingerprint density at radius 2 is 2.05 bits per heavy atom. The Morgan fingerprint density at radius 3 is 2.57 bits per heavy atom. The molecule has 2 atom stereocenters. The molecular weight excluding hydrogens is 291 g/mol. The third-order valence-electron chi connectivity index (χ3n) is 3.38. The second kappa shape index (κ2) is 5.74. The largest absolute Gasteiger partial charge is 0.465 e. The number of hydrogen-bond donors (Lipinski definition) is 1. The molecule has 116 valence electrons. The van der Waals surface area contributed by atoms with Crippen LogP contribution in [0.15, 0.2) is 12.4 Å². The van der Waals surface area contributed by atoms with Crippen LogP contribution in [0, 0.1) is 0 Å². The van der Waals surface area contributed by atoms with Crippen molar-refractivity contribution in [3.63, 3.8) is 0 Å². The van der Waals surface area contributed by atoms with E-state index in [1.165, 1.54) is 4.90 Å². The minimum absolute atomic E-state index is 0.188. The average Bonchev–Trinajstić information content (AvgIpc) is 2.40. The highest BCUT2D eigenvalue weighted by Gasteiger charge is 2.34. The van der Waals surface area contributed by atoms with Gasteiger partial charge in [0.25, 0.3) is 0 Å². The Balaban J connectivity index is 2.05. The molecular formula is C12H14F3N3O3. The number of piperidine rings is 1. The number of carboxylic acid groups (broad SMARTS) is 1. The van der Waals surface area contributed by atoms with Gasteiger partial charge in [0, 0.05) is 18.9 Å². The molecule has 1 aromatic rings. The van der Waals surface area contributed by atoms with Gasteiger partial charge in [0.1, 0.15) is 6.10 Å². The number of hydrogen-bond acceptors (Lipinski definition) is 4. The summed E-state index contributed by atoms with van der Waals surface area (Å²) in [5, 5.41) is 9.03. The molecule has 0 radical (unpaired) electrons. The molecule has 1 aliphatic rings. The lowest BCUT2D eigenvalue weighted by molar-refractivity contribution is -0.138. The van der Waals surface area contributed by atoms with Crippen molar-refractivity contribution in [1.29, 1.82) is 0 Å². The van der Waals surface area contributed by atoms with Gasteiger partial charge in [-0.2, -0.15) is 13.2 Å². The van der Waals surface area contributed by atoms with E-state index >= 15 is 0 Å². The first-order valence-electron chi connectivity index (χ1n) is 6.34. The first-order chi connectivity index (χ1) is 9.79. The van der Waals surface area contributed by atoms with Crippen LogP contribution in [-0.2, 0) is 6.18 Å². The molecule has 1 aliphatic heterocycles. The molecule has 2 heterocycles. The average molecular weight is 305 g/mol. The highest BCUT2D eigenvalue weighted by Crippen LogP contribution is 2.28. The number of rotatable bonds is 2. The maximum absolute atomic E-state index is 12.4. The number of ether oxygens (including phenoxy) is 1. The van der Waals surface area contributed by atoms with Crippen molar-refractivity contribution in [2.45, 2.75) is 38.1 Å². The van der Waals surface area contributed by atoms with Crippen LogP contribution < -0.4 is 4.74 Å². The molecule has 6 nitrogen and oxygen atoms in total. The summed E-state index contributed by atoms with van der Waals surface area (Å²) in [4.78, 5) is 19.3. The number of carbonyl (C=O) groups is 1.